The molecule has 6 heteroatoms. The van der Waals surface area contributed by atoms with Gasteiger partial charge in [-0.2, -0.15) is 0 Å². The van der Waals surface area contributed by atoms with Crippen molar-refractivity contribution in [1.29, 1.82) is 0 Å². The predicted molar refractivity (Wildman–Crippen MR) is 83.1 cm³/mol. The van der Waals surface area contributed by atoms with Gasteiger partial charge in [-0.05, 0) is 37.0 Å². The van der Waals surface area contributed by atoms with Gasteiger partial charge in [0.15, 0.2) is 0 Å². The van der Waals surface area contributed by atoms with Crippen LogP contribution < -0.4 is 5.32 Å². The number of likely N-dealkylation sites (tertiary alicyclic amines) is 1. The number of carboxylic acids is 1. The zero-order valence-corrected chi connectivity index (χ0v) is 12.9. The van der Waals surface area contributed by atoms with E-state index in [0.29, 0.717) is 36.9 Å². The van der Waals surface area contributed by atoms with Gasteiger partial charge in [0.1, 0.15) is 0 Å². The number of hydrogen-bond donors (Lipinski definition) is 2. The Hall–Kier alpha value is -1.75. The van der Waals surface area contributed by atoms with E-state index in [-0.39, 0.29) is 18.0 Å². The Labute approximate surface area is 134 Å². The van der Waals surface area contributed by atoms with Crippen molar-refractivity contribution in [3.05, 3.63) is 34.9 Å². The number of benzene rings is 1. The zero-order valence-electron chi connectivity index (χ0n) is 12.2. The van der Waals surface area contributed by atoms with E-state index in [1.807, 2.05) is 24.3 Å². The van der Waals surface area contributed by atoms with Crippen LogP contribution in [0.25, 0.3) is 0 Å². The van der Waals surface area contributed by atoms with E-state index < -0.39 is 5.97 Å². The number of amides is 2. The van der Waals surface area contributed by atoms with Gasteiger partial charge >= 0.3 is 12.0 Å². The summed E-state index contributed by atoms with van der Waals surface area (Å²) >= 11 is 5.87. The molecule has 2 fully saturated rings. The third-order valence-electron chi connectivity index (χ3n) is 4.53. The van der Waals surface area contributed by atoms with E-state index in [4.69, 9.17) is 16.7 Å². The molecule has 1 saturated heterocycles. The Balaban J connectivity index is 1.48. The number of nitrogens with zero attached hydrogens (tertiary/aromatic N) is 1. The summed E-state index contributed by atoms with van der Waals surface area (Å²) in [5.74, 6) is -0.713. The Morgan fingerprint density at radius 1 is 1.18 bits per heavy atom. The Kier molecular flexibility index (Phi) is 4.25. The predicted octanol–water partition coefficient (Wildman–Crippen LogP) is 2.70. The number of urea groups is 1. The summed E-state index contributed by atoms with van der Waals surface area (Å²) in [6.07, 6.45) is 2.01. The number of nitrogens with one attached hydrogen (secondary N) is 1. The summed E-state index contributed by atoms with van der Waals surface area (Å²) < 4.78 is 0. The van der Waals surface area contributed by atoms with E-state index >= 15 is 0 Å². The van der Waals surface area contributed by atoms with Crippen LogP contribution in [0.3, 0.4) is 0 Å². The first-order valence-corrected chi connectivity index (χ1v) is 7.96. The van der Waals surface area contributed by atoms with Crippen LogP contribution in [0.15, 0.2) is 24.3 Å². The lowest BCUT2D eigenvalue weighted by Crippen LogP contribution is -2.46. The second-order valence-corrected chi connectivity index (χ2v) is 6.49. The van der Waals surface area contributed by atoms with Crippen LogP contribution in [-0.4, -0.2) is 41.1 Å². The SMILES string of the molecule is O=C(O)C1CCN(C(=O)N[C@@H]2C[C@H]2c2ccc(Cl)cc2)CC1. The molecule has 0 unspecified atom stereocenters. The van der Waals surface area contributed by atoms with Crippen molar-refractivity contribution in [3.8, 4) is 0 Å². The average Bonchev–Trinajstić information content (AvgIpc) is 3.27. The molecule has 1 aromatic carbocycles. The smallest absolute Gasteiger partial charge is 0.317 e. The van der Waals surface area contributed by atoms with Gasteiger partial charge in [-0.25, -0.2) is 4.79 Å². The second-order valence-electron chi connectivity index (χ2n) is 6.05. The first-order valence-electron chi connectivity index (χ1n) is 7.58. The van der Waals surface area contributed by atoms with Crippen molar-refractivity contribution < 1.29 is 14.7 Å². The van der Waals surface area contributed by atoms with E-state index in [0.717, 1.165) is 6.42 Å². The van der Waals surface area contributed by atoms with E-state index in [1.165, 1.54) is 5.56 Å². The second kappa shape index (κ2) is 6.16. The summed E-state index contributed by atoms with van der Waals surface area (Å²) in [6.45, 7) is 1.03. The van der Waals surface area contributed by atoms with Gasteiger partial charge in [0, 0.05) is 30.1 Å². The first kappa shape index (κ1) is 15.2. The van der Waals surface area contributed by atoms with E-state index in [1.54, 1.807) is 4.90 Å². The number of piperidine rings is 1. The van der Waals surface area contributed by atoms with Gasteiger partial charge in [0.05, 0.1) is 5.92 Å². The fourth-order valence-electron chi connectivity index (χ4n) is 3.01. The van der Waals surface area contributed by atoms with Gasteiger partial charge in [0.2, 0.25) is 0 Å². The molecule has 22 heavy (non-hydrogen) atoms. The van der Waals surface area contributed by atoms with Crippen LogP contribution >= 0.6 is 11.6 Å². The van der Waals surface area contributed by atoms with Crippen molar-refractivity contribution in [2.24, 2.45) is 5.92 Å². The number of carbonyl (C=O) groups excluding carboxylic acids is 1. The molecule has 0 aromatic heterocycles. The lowest BCUT2D eigenvalue weighted by atomic mass is 9.97. The summed E-state index contributed by atoms with van der Waals surface area (Å²) in [4.78, 5) is 24.8. The standard InChI is InChI=1S/C16H19ClN2O3/c17-12-3-1-10(2-4-12)13-9-14(13)18-16(22)19-7-5-11(6-8-19)15(20)21/h1-4,11,13-14H,5-9H2,(H,18,22)(H,20,21)/t13-,14+/m0/s1. The van der Waals surface area contributed by atoms with Crippen molar-refractivity contribution >= 4 is 23.6 Å². The number of carboxylic acid groups (broad SMARTS) is 1. The van der Waals surface area contributed by atoms with Crippen molar-refractivity contribution in [3.63, 3.8) is 0 Å². The maximum atomic E-state index is 12.2. The third kappa shape index (κ3) is 3.35. The highest BCUT2D eigenvalue weighted by molar-refractivity contribution is 6.30. The highest BCUT2D eigenvalue weighted by atomic mass is 35.5. The molecule has 0 radical (unpaired) electrons. The molecule has 1 aliphatic carbocycles. The normalized spacial score (nSPS) is 24.9. The van der Waals surface area contributed by atoms with Crippen LogP contribution in [0.5, 0.6) is 0 Å². The Morgan fingerprint density at radius 3 is 2.41 bits per heavy atom. The van der Waals surface area contributed by atoms with E-state index in [2.05, 4.69) is 5.32 Å². The molecule has 118 valence electrons. The molecular weight excluding hydrogens is 304 g/mol. The number of aliphatic carboxylic acids is 1. The fraction of sp³-hybridized carbons (Fsp3) is 0.500. The fourth-order valence-corrected chi connectivity index (χ4v) is 3.14. The number of hydrogen-bond acceptors (Lipinski definition) is 2. The maximum Gasteiger partial charge on any atom is 0.317 e. The molecule has 2 aliphatic rings. The minimum absolute atomic E-state index is 0.0784. The molecule has 1 aromatic rings. The van der Waals surface area contributed by atoms with Gasteiger partial charge in [0.25, 0.3) is 0 Å². The quantitative estimate of drug-likeness (QED) is 0.899. The molecule has 2 N–H and O–H groups in total. The highest BCUT2D eigenvalue weighted by Crippen LogP contribution is 2.41. The molecule has 0 spiro atoms. The van der Waals surface area contributed by atoms with E-state index in [9.17, 15) is 9.59 Å². The topological polar surface area (TPSA) is 69.6 Å². The summed E-state index contributed by atoms with van der Waals surface area (Å²) in [5.41, 5.74) is 1.19. The van der Waals surface area contributed by atoms with Gasteiger partial charge < -0.3 is 15.3 Å². The lowest BCUT2D eigenvalue weighted by molar-refractivity contribution is -0.143. The summed E-state index contributed by atoms with van der Waals surface area (Å²) in [6, 6.07) is 7.82. The van der Waals surface area contributed by atoms with Crippen molar-refractivity contribution in [2.75, 3.05) is 13.1 Å². The maximum absolute atomic E-state index is 12.2. The molecule has 2 amide bonds. The molecule has 5 nitrogen and oxygen atoms in total. The molecule has 1 aliphatic heterocycles. The Bertz CT molecular complexity index is 567. The number of carbonyl (C=O) groups is 2. The minimum atomic E-state index is -0.759. The molecule has 3 rings (SSSR count). The highest BCUT2D eigenvalue weighted by Gasteiger charge is 2.40. The van der Waals surface area contributed by atoms with Gasteiger partial charge in [-0.3, -0.25) is 4.79 Å². The zero-order chi connectivity index (χ0) is 15.7. The lowest BCUT2D eigenvalue weighted by Gasteiger charge is -2.30. The monoisotopic (exact) mass is 322 g/mol. The minimum Gasteiger partial charge on any atom is -0.481 e. The van der Waals surface area contributed by atoms with Crippen LogP contribution in [0.4, 0.5) is 4.79 Å². The molecule has 0 bridgehead atoms. The van der Waals surface area contributed by atoms with Crippen LogP contribution in [0.2, 0.25) is 5.02 Å². The van der Waals surface area contributed by atoms with Gasteiger partial charge in [-0.15, -0.1) is 0 Å². The van der Waals surface area contributed by atoms with Gasteiger partial charge in [-0.1, -0.05) is 23.7 Å². The summed E-state index contributed by atoms with van der Waals surface area (Å²) in [5, 5.41) is 12.7. The van der Waals surface area contributed by atoms with Crippen molar-refractivity contribution in [2.45, 2.75) is 31.2 Å². The third-order valence-corrected chi connectivity index (χ3v) is 4.78. The molecular formula is C16H19ClN2O3. The Morgan fingerprint density at radius 2 is 1.82 bits per heavy atom. The number of rotatable bonds is 3. The largest absolute Gasteiger partial charge is 0.481 e. The van der Waals surface area contributed by atoms with Crippen LogP contribution in [0.1, 0.15) is 30.7 Å². The van der Waals surface area contributed by atoms with Crippen LogP contribution in [0, 0.1) is 5.92 Å². The van der Waals surface area contributed by atoms with Crippen LogP contribution in [-0.2, 0) is 4.79 Å². The molecule has 2 atom stereocenters. The first-order chi connectivity index (χ1) is 10.5. The molecule has 1 saturated carbocycles. The summed E-state index contributed by atoms with van der Waals surface area (Å²) in [7, 11) is 0. The number of halogens is 1. The molecule has 1 heterocycles. The average molecular weight is 323 g/mol. The van der Waals surface area contributed by atoms with Crippen molar-refractivity contribution in [1.82, 2.24) is 10.2 Å².